The highest BCUT2D eigenvalue weighted by Crippen LogP contribution is 2.28. The van der Waals surface area contributed by atoms with Gasteiger partial charge >= 0.3 is 0 Å². The standard InChI is InChI=1S/C15H17NO3/c1-10-7-11(2)16-15(13(10)9-18)19-14-6-4-3-5-12(14)8-17/h3-7,17-18H,8-9H2,1-2H3. The number of pyridine rings is 1. The minimum absolute atomic E-state index is 0.102. The fourth-order valence-corrected chi connectivity index (χ4v) is 1.94. The summed E-state index contributed by atoms with van der Waals surface area (Å²) < 4.78 is 5.75. The molecule has 2 N–H and O–H groups in total. The summed E-state index contributed by atoms with van der Waals surface area (Å²) >= 11 is 0. The summed E-state index contributed by atoms with van der Waals surface area (Å²) in [5.41, 5.74) is 3.11. The molecule has 1 aromatic heterocycles. The van der Waals surface area contributed by atoms with E-state index < -0.39 is 0 Å². The van der Waals surface area contributed by atoms with Crippen LogP contribution in [0.15, 0.2) is 30.3 Å². The number of ether oxygens (including phenoxy) is 1. The highest BCUT2D eigenvalue weighted by atomic mass is 16.5. The molecule has 1 heterocycles. The number of rotatable bonds is 4. The van der Waals surface area contributed by atoms with Crippen molar-refractivity contribution in [2.24, 2.45) is 0 Å². The second-order valence-electron chi connectivity index (χ2n) is 4.39. The number of aliphatic hydroxyl groups excluding tert-OH is 2. The minimum Gasteiger partial charge on any atom is -0.438 e. The molecule has 0 radical (unpaired) electrons. The van der Waals surface area contributed by atoms with Gasteiger partial charge in [0.2, 0.25) is 5.88 Å². The summed E-state index contributed by atoms with van der Waals surface area (Å²) in [6.45, 7) is 3.55. The molecule has 0 amide bonds. The van der Waals surface area contributed by atoms with Crippen LogP contribution in [-0.2, 0) is 13.2 Å². The molecule has 0 bridgehead atoms. The molecule has 4 heteroatoms. The van der Waals surface area contributed by atoms with E-state index in [9.17, 15) is 10.2 Å². The number of hydrogen-bond donors (Lipinski definition) is 2. The average molecular weight is 259 g/mol. The van der Waals surface area contributed by atoms with Crippen molar-refractivity contribution >= 4 is 0 Å². The van der Waals surface area contributed by atoms with Crippen LogP contribution in [0.25, 0.3) is 0 Å². The molecule has 0 atom stereocenters. The molecule has 100 valence electrons. The number of nitrogens with zero attached hydrogens (tertiary/aromatic N) is 1. The lowest BCUT2D eigenvalue weighted by Gasteiger charge is -2.13. The Morgan fingerprint density at radius 2 is 1.84 bits per heavy atom. The topological polar surface area (TPSA) is 62.6 Å². The first-order chi connectivity index (χ1) is 9.15. The second-order valence-corrected chi connectivity index (χ2v) is 4.39. The molecule has 0 saturated carbocycles. The molecule has 0 aliphatic carbocycles. The Morgan fingerprint density at radius 1 is 1.11 bits per heavy atom. The number of aromatic nitrogens is 1. The van der Waals surface area contributed by atoms with Crippen LogP contribution in [-0.4, -0.2) is 15.2 Å². The van der Waals surface area contributed by atoms with Crippen LogP contribution in [0, 0.1) is 13.8 Å². The lowest BCUT2D eigenvalue weighted by molar-refractivity contribution is 0.268. The van der Waals surface area contributed by atoms with E-state index in [1.807, 2.05) is 32.0 Å². The van der Waals surface area contributed by atoms with E-state index in [2.05, 4.69) is 4.98 Å². The van der Waals surface area contributed by atoms with Gasteiger partial charge in [-0.2, -0.15) is 0 Å². The fourth-order valence-electron chi connectivity index (χ4n) is 1.94. The molecule has 1 aromatic carbocycles. The van der Waals surface area contributed by atoms with Crippen molar-refractivity contribution in [2.75, 3.05) is 0 Å². The zero-order valence-corrected chi connectivity index (χ0v) is 11.1. The van der Waals surface area contributed by atoms with Gasteiger partial charge in [-0.05, 0) is 31.5 Å². The summed E-state index contributed by atoms with van der Waals surface area (Å²) in [4.78, 5) is 4.31. The zero-order valence-electron chi connectivity index (χ0n) is 11.1. The van der Waals surface area contributed by atoms with Gasteiger partial charge in [-0.3, -0.25) is 0 Å². The zero-order chi connectivity index (χ0) is 13.8. The van der Waals surface area contributed by atoms with Crippen molar-refractivity contribution in [1.82, 2.24) is 4.98 Å². The summed E-state index contributed by atoms with van der Waals surface area (Å²) in [7, 11) is 0. The molecule has 0 spiro atoms. The highest BCUT2D eigenvalue weighted by Gasteiger charge is 2.12. The average Bonchev–Trinajstić information content (AvgIpc) is 2.39. The van der Waals surface area contributed by atoms with Crippen LogP contribution in [0.5, 0.6) is 11.6 Å². The van der Waals surface area contributed by atoms with E-state index >= 15 is 0 Å². The Kier molecular flexibility index (Phi) is 4.14. The predicted octanol–water partition coefficient (Wildman–Crippen LogP) is 2.48. The van der Waals surface area contributed by atoms with Crippen LogP contribution in [0.2, 0.25) is 0 Å². The SMILES string of the molecule is Cc1cc(C)c(CO)c(Oc2ccccc2CO)n1. The first kappa shape index (κ1) is 13.5. The van der Waals surface area contributed by atoms with Crippen molar-refractivity contribution < 1.29 is 14.9 Å². The minimum atomic E-state index is -0.129. The molecule has 2 aromatic rings. The molecule has 19 heavy (non-hydrogen) atoms. The lowest BCUT2D eigenvalue weighted by atomic mass is 10.1. The molecule has 2 rings (SSSR count). The van der Waals surface area contributed by atoms with E-state index in [-0.39, 0.29) is 13.2 Å². The Hall–Kier alpha value is -1.91. The third kappa shape index (κ3) is 2.92. The molecular weight excluding hydrogens is 242 g/mol. The van der Waals surface area contributed by atoms with Crippen LogP contribution < -0.4 is 4.74 Å². The molecule has 0 saturated heterocycles. The second kappa shape index (κ2) is 5.82. The quantitative estimate of drug-likeness (QED) is 0.885. The summed E-state index contributed by atoms with van der Waals surface area (Å²) in [6.07, 6.45) is 0. The van der Waals surface area contributed by atoms with Crippen molar-refractivity contribution in [3.63, 3.8) is 0 Å². The number of aryl methyl sites for hydroxylation is 2. The third-order valence-electron chi connectivity index (χ3n) is 2.95. The molecular formula is C15H17NO3. The van der Waals surface area contributed by atoms with E-state index in [0.717, 1.165) is 11.3 Å². The van der Waals surface area contributed by atoms with Gasteiger partial charge in [0.05, 0.1) is 13.2 Å². The van der Waals surface area contributed by atoms with Gasteiger partial charge in [-0.1, -0.05) is 18.2 Å². The van der Waals surface area contributed by atoms with Crippen molar-refractivity contribution in [3.05, 3.63) is 52.7 Å². The summed E-state index contributed by atoms with van der Waals surface area (Å²) in [6, 6.07) is 9.12. The van der Waals surface area contributed by atoms with Crippen molar-refractivity contribution in [3.8, 4) is 11.6 Å². The predicted molar refractivity (Wildman–Crippen MR) is 72.1 cm³/mol. The van der Waals surface area contributed by atoms with Crippen LogP contribution in [0.4, 0.5) is 0 Å². The van der Waals surface area contributed by atoms with Gasteiger partial charge in [0, 0.05) is 16.8 Å². The van der Waals surface area contributed by atoms with E-state index in [4.69, 9.17) is 4.74 Å². The Labute approximate surface area is 112 Å². The highest BCUT2D eigenvalue weighted by molar-refractivity contribution is 5.41. The van der Waals surface area contributed by atoms with E-state index in [1.54, 1.807) is 12.1 Å². The maximum atomic E-state index is 9.43. The molecule has 4 nitrogen and oxygen atoms in total. The normalized spacial score (nSPS) is 10.5. The Balaban J connectivity index is 2.43. The summed E-state index contributed by atoms with van der Waals surface area (Å²) in [5, 5.41) is 18.7. The maximum absolute atomic E-state index is 9.43. The van der Waals surface area contributed by atoms with Gasteiger partial charge in [-0.15, -0.1) is 0 Å². The van der Waals surface area contributed by atoms with Crippen LogP contribution in [0.3, 0.4) is 0 Å². The summed E-state index contributed by atoms with van der Waals surface area (Å²) in [5.74, 6) is 0.943. The molecule has 0 aliphatic rings. The first-order valence-electron chi connectivity index (χ1n) is 6.10. The number of aliphatic hydroxyl groups is 2. The van der Waals surface area contributed by atoms with Gasteiger partial charge in [0.25, 0.3) is 0 Å². The number of benzene rings is 1. The van der Waals surface area contributed by atoms with Crippen molar-refractivity contribution in [2.45, 2.75) is 27.1 Å². The van der Waals surface area contributed by atoms with Crippen LogP contribution in [0.1, 0.15) is 22.4 Å². The molecule has 0 unspecified atom stereocenters. The smallest absolute Gasteiger partial charge is 0.225 e. The van der Waals surface area contributed by atoms with Gasteiger partial charge in [-0.25, -0.2) is 4.98 Å². The van der Waals surface area contributed by atoms with Gasteiger partial charge in [0.1, 0.15) is 5.75 Å². The van der Waals surface area contributed by atoms with Gasteiger partial charge < -0.3 is 14.9 Å². The fraction of sp³-hybridized carbons (Fsp3) is 0.267. The van der Waals surface area contributed by atoms with Crippen LogP contribution >= 0.6 is 0 Å². The third-order valence-corrected chi connectivity index (χ3v) is 2.95. The molecule has 0 fully saturated rings. The van der Waals surface area contributed by atoms with Crippen molar-refractivity contribution in [1.29, 1.82) is 0 Å². The monoisotopic (exact) mass is 259 g/mol. The Bertz CT molecular complexity index is 582. The Morgan fingerprint density at radius 3 is 2.53 bits per heavy atom. The largest absolute Gasteiger partial charge is 0.438 e. The maximum Gasteiger partial charge on any atom is 0.225 e. The van der Waals surface area contributed by atoms with E-state index in [1.165, 1.54) is 0 Å². The first-order valence-corrected chi connectivity index (χ1v) is 6.10. The number of hydrogen-bond acceptors (Lipinski definition) is 4. The van der Waals surface area contributed by atoms with Gasteiger partial charge in [0.15, 0.2) is 0 Å². The number of para-hydroxylation sites is 1. The van der Waals surface area contributed by atoms with E-state index in [0.29, 0.717) is 22.8 Å². The lowest BCUT2D eigenvalue weighted by Crippen LogP contribution is -2.01. The molecule has 0 aliphatic heterocycles.